The smallest absolute Gasteiger partial charge is 0.0895 e. The van der Waals surface area contributed by atoms with Gasteiger partial charge in [-0.25, -0.2) is 0 Å². The van der Waals surface area contributed by atoms with Crippen LogP contribution in [0.25, 0.3) is 0 Å². The van der Waals surface area contributed by atoms with Crippen LogP contribution in [0, 0.1) is 19.8 Å². The number of anilines is 1. The molecule has 2 aliphatic rings. The first-order chi connectivity index (χ1) is 10.7. The second kappa shape index (κ2) is 5.44. The third kappa shape index (κ3) is 2.22. The molecule has 114 valence electrons. The van der Waals surface area contributed by atoms with Crippen molar-refractivity contribution in [3.8, 4) is 0 Å². The number of hydrogen-bond acceptors (Lipinski definition) is 2. The fraction of sp³-hybridized carbons (Fsp3) is 0.400. The van der Waals surface area contributed by atoms with Crippen molar-refractivity contribution in [1.29, 1.82) is 0 Å². The van der Waals surface area contributed by atoms with Crippen LogP contribution in [0.1, 0.15) is 47.2 Å². The zero-order valence-corrected chi connectivity index (χ0v) is 13.3. The molecule has 2 aromatic carbocycles. The van der Waals surface area contributed by atoms with Crippen LogP contribution in [0.2, 0.25) is 0 Å². The summed E-state index contributed by atoms with van der Waals surface area (Å²) in [6.45, 7) is 5.21. The molecule has 0 bridgehead atoms. The average Bonchev–Trinajstić information content (AvgIpc) is 2.55. The first kappa shape index (κ1) is 13.8. The lowest BCUT2D eigenvalue weighted by molar-refractivity contribution is -0.0381. The molecule has 2 aromatic rings. The fourth-order valence-electron chi connectivity index (χ4n) is 3.96. The minimum absolute atomic E-state index is 0.233. The highest BCUT2D eigenvalue weighted by molar-refractivity contribution is 5.62. The Balaban J connectivity index is 1.79. The minimum Gasteiger partial charge on any atom is -0.377 e. The third-order valence-electron chi connectivity index (χ3n) is 5.14. The molecule has 1 saturated heterocycles. The molecule has 0 unspecified atom stereocenters. The van der Waals surface area contributed by atoms with Crippen molar-refractivity contribution in [3.05, 3.63) is 64.7 Å². The Kier molecular flexibility index (Phi) is 3.42. The highest BCUT2D eigenvalue weighted by Gasteiger charge is 2.39. The molecule has 1 fully saturated rings. The molecule has 0 spiro atoms. The molecule has 0 aromatic heterocycles. The van der Waals surface area contributed by atoms with Crippen molar-refractivity contribution in [3.63, 3.8) is 0 Å². The van der Waals surface area contributed by atoms with Gasteiger partial charge in [-0.15, -0.1) is 0 Å². The van der Waals surface area contributed by atoms with Crippen LogP contribution in [0.3, 0.4) is 0 Å². The summed E-state index contributed by atoms with van der Waals surface area (Å²) < 4.78 is 6.20. The highest BCUT2D eigenvalue weighted by Crippen LogP contribution is 2.49. The molecule has 3 atom stereocenters. The molecule has 22 heavy (non-hydrogen) atoms. The van der Waals surface area contributed by atoms with Crippen LogP contribution in [-0.2, 0) is 4.74 Å². The van der Waals surface area contributed by atoms with Gasteiger partial charge < -0.3 is 10.1 Å². The Hall–Kier alpha value is -1.80. The molecule has 2 heterocycles. The number of fused-ring (bicyclic) bond motifs is 3. The van der Waals surface area contributed by atoms with Crippen molar-refractivity contribution in [1.82, 2.24) is 0 Å². The van der Waals surface area contributed by atoms with E-state index in [9.17, 15) is 0 Å². The second-order valence-electron chi connectivity index (χ2n) is 6.67. The summed E-state index contributed by atoms with van der Waals surface area (Å²) in [7, 11) is 0. The van der Waals surface area contributed by atoms with Crippen molar-refractivity contribution in [2.24, 2.45) is 5.92 Å². The number of aryl methyl sites for hydroxylation is 2. The zero-order valence-electron chi connectivity index (χ0n) is 13.3. The summed E-state index contributed by atoms with van der Waals surface area (Å²) in [4.78, 5) is 0. The average molecular weight is 293 g/mol. The summed E-state index contributed by atoms with van der Waals surface area (Å²) in [5, 5.41) is 3.82. The van der Waals surface area contributed by atoms with Crippen molar-refractivity contribution < 1.29 is 4.74 Å². The number of nitrogens with one attached hydrogen (secondary N) is 1. The van der Waals surface area contributed by atoms with Crippen LogP contribution in [0.5, 0.6) is 0 Å². The van der Waals surface area contributed by atoms with Gasteiger partial charge in [-0.3, -0.25) is 0 Å². The molecule has 0 saturated carbocycles. The van der Waals surface area contributed by atoms with E-state index in [2.05, 4.69) is 61.6 Å². The van der Waals surface area contributed by atoms with Crippen LogP contribution in [-0.4, -0.2) is 6.61 Å². The van der Waals surface area contributed by atoms with E-state index < -0.39 is 0 Å². The topological polar surface area (TPSA) is 21.3 Å². The molecule has 0 amide bonds. The van der Waals surface area contributed by atoms with Gasteiger partial charge in [-0.05, 0) is 37.8 Å². The summed E-state index contributed by atoms with van der Waals surface area (Å²) in [5.74, 6) is 0.519. The monoisotopic (exact) mass is 293 g/mol. The maximum Gasteiger partial charge on any atom is 0.0895 e. The van der Waals surface area contributed by atoms with Crippen molar-refractivity contribution in [2.75, 3.05) is 11.9 Å². The lowest BCUT2D eigenvalue weighted by Crippen LogP contribution is -2.36. The Morgan fingerprint density at radius 3 is 2.68 bits per heavy atom. The maximum atomic E-state index is 6.20. The Morgan fingerprint density at radius 2 is 1.86 bits per heavy atom. The normalized spacial score (nSPS) is 26.7. The fourth-order valence-corrected chi connectivity index (χ4v) is 3.96. The predicted octanol–water partition coefficient (Wildman–Crippen LogP) is 4.94. The van der Waals surface area contributed by atoms with Gasteiger partial charge in [0.2, 0.25) is 0 Å². The minimum atomic E-state index is 0.233. The SMILES string of the molecule is Cc1ccc([C@@H]2Nc3c(C)cccc3[C@H]3OCCC[C@H]32)cc1. The van der Waals surface area contributed by atoms with Gasteiger partial charge in [0, 0.05) is 23.8 Å². The predicted molar refractivity (Wildman–Crippen MR) is 90.1 cm³/mol. The van der Waals surface area contributed by atoms with Crippen molar-refractivity contribution in [2.45, 2.75) is 38.8 Å². The van der Waals surface area contributed by atoms with E-state index in [4.69, 9.17) is 4.74 Å². The first-order valence-electron chi connectivity index (χ1n) is 8.28. The third-order valence-corrected chi connectivity index (χ3v) is 5.14. The molecule has 0 aliphatic carbocycles. The van der Waals surface area contributed by atoms with Gasteiger partial charge >= 0.3 is 0 Å². The Bertz CT molecular complexity index is 677. The molecule has 2 nitrogen and oxygen atoms in total. The van der Waals surface area contributed by atoms with E-state index in [1.165, 1.54) is 34.4 Å². The molecule has 2 aliphatic heterocycles. The summed E-state index contributed by atoms with van der Waals surface area (Å²) in [6, 6.07) is 15.9. The Labute approximate surface area is 132 Å². The van der Waals surface area contributed by atoms with E-state index in [-0.39, 0.29) is 6.10 Å². The van der Waals surface area contributed by atoms with E-state index in [0.717, 1.165) is 13.0 Å². The zero-order chi connectivity index (χ0) is 15.1. The van der Waals surface area contributed by atoms with Crippen LogP contribution >= 0.6 is 0 Å². The maximum absolute atomic E-state index is 6.20. The molecule has 0 radical (unpaired) electrons. The number of para-hydroxylation sites is 1. The number of rotatable bonds is 1. The van der Waals surface area contributed by atoms with E-state index >= 15 is 0 Å². The molecule has 4 rings (SSSR count). The van der Waals surface area contributed by atoms with Gasteiger partial charge in [0.15, 0.2) is 0 Å². The quantitative estimate of drug-likeness (QED) is 0.804. The highest BCUT2D eigenvalue weighted by atomic mass is 16.5. The summed E-state index contributed by atoms with van der Waals surface area (Å²) >= 11 is 0. The standard InChI is InChI=1S/C20H23NO/c1-13-8-10-15(11-9-13)19-17-7-4-12-22-20(17)16-6-3-5-14(2)18(16)21-19/h3,5-6,8-11,17,19-21H,4,7,12H2,1-2H3/t17-,19-,20+/m0/s1. The van der Waals surface area contributed by atoms with E-state index in [0.29, 0.717) is 12.0 Å². The lowest BCUT2D eigenvalue weighted by atomic mass is 9.77. The largest absolute Gasteiger partial charge is 0.377 e. The number of hydrogen-bond donors (Lipinski definition) is 1. The van der Waals surface area contributed by atoms with Crippen LogP contribution in [0.4, 0.5) is 5.69 Å². The first-order valence-corrected chi connectivity index (χ1v) is 8.28. The Morgan fingerprint density at radius 1 is 1.05 bits per heavy atom. The van der Waals surface area contributed by atoms with Crippen LogP contribution < -0.4 is 5.32 Å². The number of benzene rings is 2. The van der Waals surface area contributed by atoms with Crippen molar-refractivity contribution >= 4 is 5.69 Å². The second-order valence-corrected chi connectivity index (χ2v) is 6.67. The van der Waals surface area contributed by atoms with Gasteiger partial charge in [0.25, 0.3) is 0 Å². The summed E-state index contributed by atoms with van der Waals surface area (Å²) in [6.07, 6.45) is 2.62. The lowest BCUT2D eigenvalue weighted by Gasteiger charge is -2.44. The van der Waals surface area contributed by atoms with E-state index in [1.54, 1.807) is 0 Å². The molecule has 2 heteroatoms. The molecular weight excluding hydrogens is 270 g/mol. The molecular formula is C20H23NO. The van der Waals surface area contributed by atoms with Gasteiger partial charge in [-0.2, -0.15) is 0 Å². The van der Waals surface area contributed by atoms with Gasteiger partial charge in [-0.1, -0.05) is 48.0 Å². The van der Waals surface area contributed by atoms with E-state index in [1.807, 2.05) is 0 Å². The molecule has 1 N–H and O–H groups in total. The van der Waals surface area contributed by atoms with Gasteiger partial charge in [0.1, 0.15) is 0 Å². The number of ether oxygens (including phenoxy) is 1. The van der Waals surface area contributed by atoms with Gasteiger partial charge in [0.05, 0.1) is 12.1 Å². The summed E-state index contributed by atoms with van der Waals surface area (Å²) in [5.41, 5.74) is 6.61. The van der Waals surface area contributed by atoms with Crippen LogP contribution in [0.15, 0.2) is 42.5 Å².